The summed E-state index contributed by atoms with van der Waals surface area (Å²) in [5.74, 6) is -71.4. The quantitative estimate of drug-likeness (QED) is 0.0592. The molecule has 54 heavy (non-hydrogen) atoms. The van der Waals surface area contributed by atoms with E-state index in [1.807, 2.05) is 19.1 Å². The summed E-state index contributed by atoms with van der Waals surface area (Å²) in [6, 6.07) is 7.31. The largest absolute Gasteiger partial charge is 0.385 e. The fraction of sp³-hybridized carbons (Fsp3) is 0.0323. The van der Waals surface area contributed by atoms with Crippen molar-refractivity contribution in [1.29, 1.82) is 5.39 Å². The minimum Gasteiger partial charge on any atom is -0.207 e. The van der Waals surface area contributed by atoms with Crippen molar-refractivity contribution in [2.24, 2.45) is 0 Å². The Morgan fingerprint density at radius 3 is 0.648 bits per heavy atom. The van der Waals surface area contributed by atoms with Gasteiger partial charge in [0.15, 0.2) is 74.8 Å². The van der Waals surface area contributed by atoms with Gasteiger partial charge in [-0.2, -0.15) is 0 Å². The number of halogens is 20. The lowest BCUT2D eigenvalue weighted by atomic mass is 9.12. The topological polar surface area (TPSA) is 28.1 Å². The summed E-state index contributed by atoms with van der Waals surface area (Å²) in [5, 5.41) is 8.25. The maximum atomic E-state index is 15.4. The minimum absolute atomic E-state index is 0.598. The molecule has 23 heteroatoms. The number of nitrogens with zero attached hydrogens (tertiary/aromatic N) is 2. The second-order valence-electron chi connectivity index (χ2n) is 10.7. The normalized spacial score (nSPS) is 11.4. The van der Waals surface area contributed by atoms with Crippen LogP contribution in [0.5, 0.6) is 0 Å². The van der Waals surface area contributed by atoms with Gasteiger partial charge >= 0.3 is 5.69 Å². The van der Waals surface area contributed by atoms with Crippen LogP contribution in [0.2, 0.25) is 0 Å². The van der Waals surface area contributed by atoms with Crippen molar-refractivity contribution in [2.45, 2.75) is 6.92 Å². The Morgan fingerprint density at radius 2 is 0.481 bits per heavy atom. The van der Waals surface area contributed by atoms with Gasteiger partial charge in [0.1, 0.15) is 52.7 Å². The van der Waals surface area contributed by atoms with Crippen LogP contribution in [0.15, 0.2) is 24.3 Å². The fourth-order valence-corrected chi connectivity index (χ4v) is 5.49. The van der Waals surface area contributed by atoms with Crippen LogP contribution in [0.1, 0.15) is 5.56 Å². The van der Waals surface area contributed by atoms with E-state index in [-0.39, 0.29) is 0 Å². The molecule has 0 amide bonds. The molecule has 0 heterocycles. The Bertz CT molecular complexity index is 2030. The highest BCUT2D eigenvalue weighted by atomic mass is 19.2. The maximum Gasteiger partial charge on any atom is 0.385 e. The van der Waals surface area contributed by atoms with E-state index in [0.717, 1.165) is 0 Å². The molecule has 0 aliphatic rings. The molecule has 0 fully saturated rings. The monoisotopic (exact) mass is 798 g/mol. The summed E-state index contributed by atoms with van der Waals surface area (Å²) in [5.41, 5.74) is -12.6. The molecule has 0 unspecified atom stereocenters. The van der Waals surface area contributed by atoms with Gasteiger partial charge in [-0.15, -0.1) is 21.9 Å². The van der Waals surface area contributed by atoms with E-state index in [2.05, 4.69) is 4.98 Å². The highest BCUT2D eigenvalue weighted by molar-refractivity contribution is 7.20. The first-order chi connectivity index (χ1) is 25.0. The van der Waals surface area contributed by atoms with E-state index >= 15 is 35.1 Å². The van der Waals surface area contributed by atoms with Crippen LogP contribution in [0.3, 0.4) is 0 Å². The van der Waals surface area contributed by atoms with Gasteiger partial charge in [0.05, 0.1) is 0 Å². The Balaban J connectivity index is 0.000000631. The van der Waals surface area contributed by atoms with E-state index in [1.165, 1.54) is 5.56 Å². The molecule has 0 radical (unpaired) electrons. The van der Waals surface area contributed by atoms with E-state index in [4.69, 9.17) is 5.39 Å². The van der Waals surface area contributed by atoms with Crippen molar-refractivity contribution in [1.82, 2.24) is 0 Å². The lowest BCUT2D eigenvalue weighted by Crippen LogP contribution is -2.81. The number of diazo groups is 1. The Kier molecular flexibility index (Phi) is 11.0. The van der Waals surface area contributed by atoms with Gasteiger partial charge in [0, 0.05) is 12.1 Å². The van der Waals surface area contributed by atoms with Gasteiger partial charge in [-0.3, -0.25) is 0 Å². The second kappa shape index (κ2) is 14.5. The van der Waals surface area contributed by atoms with Crippen LogP contribution in [0.25, 0.3) is 4.98 Å². The summed E-state index contributed by atoms with van der Waals surface area (Å²) in [4.78, 5) is 3.01. The standard InChI is InChI=1S/C24BF20.C7H7N2/c26-5-1(6(27)14(35)21(42)13(5)34)25(2-7(28)15(36)22(43)16(37)8(2)29,3-9(30)17(38)23(44)18(39)10(3)31)4-11(32)19(40)24(45)20(41)12(4)33;1-6-2-4-7(9-8)5-3-6/h;2-5H,1H3/q-1;+1. The van der Waals surface area contributed by atoms with Gasteiger partial charge in [0.2, 0.25) is 5.39 Å². The minimum atomic E-state index is -7.22. The summed E-state index contributed by atoms with van der Waals surface area (Å²) < 4.78 is 294. The van der Waals surface area contributed by atoms with Gasteiger partial charge < -0.3 is 0 Å². The third-order valence-corrected chi connectivity index (χ3v) is 7.86. The molecule has 0 bridgehead atoms. The van der Waals surface area contributed by atoms with E-state index in [0.29, 0.717) is 5.69 Å². The van der Waals surface area contributed by atoms with E-state index in [1.54, 1.807) is 12.1 Å². The van der Waals surface area contributed by atoms with Crippen LogP contribution >= 0.6 is 0 Å². The molecule has 0 N–H and O–H groups in total. The zero-order chi connectivity index (χ0) is 41.0. The van der Waals surface area contributed by atoms with Crippen molar-refractivity contribution in [3.8, 4) is 0 Å². The molecule has 5 aromatic rings. The van der Waals surface area contributed by atoms with E-state index < -0.39 is 144 Å². The highest BCUT2D eigenvalue weighted by Crippen LogP contribution is 2.30. The summed E-state index contributed by atoms with van der Waals surface area (Å²) >= 11 is 0. The van der Waals surface area contributed by atoms with Crippen LogP contribution in [-0.2, 0) is 0 Å². The molecular weight excluding hydrogens is 791 g/mol. The first-order valence-electron chi connectivity index (χ1n) is 13.7. The number of hydrogen-bond donors (Lipinski definition) is 0. The number of rotatable bonds is 4. The molecule has 0 saturated heterocycles. The molecule has 284 valence electrons. The molecule has 0 aromatic heterocycles. The number of aryl methyl sites for hydroxylation is 1. The Hall–Kier alpha value is -5.82. The average molecular weight is 798 g/mol. The van der Waals surface area contributed by atoms with Crippen molar-refractivity contribution in [3.63, 3.8) is 0 Å². The third kappa shape index (κ3) is 5.92. The number of hydrogen-bond acceptors (Lipinski definition) is 1. The van der Waals surface area contributed by atoms with Crippen molar-refractivity contribution in [2.75, 3.05) is 0 Å². The third-order valence-electron chi connectivity index (χ3n) is 7.86. The van der Waals surface area contributed by atoms with Gasteiger partial charge in [0.25, 0.3) is 0 Å². The molecule has 0 spiro atoms. The van der Waals surface area contributed by atoms with Crippen LogP contribution < -0.4 is 21.9 Å². The predicted octanol–water partition coefficient (Wildman–Crippen LogP) is 8.33. The maximum absolute atomic E-state index is 15.4. The highest BCUT2D eigenvalue weighted by Gasteiger charge is 2.52. The van der Waals surface area contributed by atoms with Crippen LogP contribution in [-0.4, -0.2) is 6.15 Å². The molecule has 5 aromatic carbocycles. The number of benzene rings is 5. The lowest BCUT2D eigenvalue weighted by molar-refractivity contribution is 0.378. The summed E-state index contributed by atoms with van der Waals surface area (Å²) in [7, 11) is 0. The van der Waals surface area contributed by atoms with Crippen molar-refractivity contribution < 1.29 is 87.8 Å². The Labute approximate surface area is 285 Å². The van der Waals surface area contributed by atoms with Gasteiger partial charge in [-0.25, -0.2) is 87.8 Å². The SMILES string of the molecule is Cc1ccc([N+]#N)cc1.Fc1c(F)c(F)c([B-](c2c(F)c(F)c(F)c(F)c2F)(c2c(F)c(F)c(F)c(F)c2F)c2c(F)c(F)c(F)c(F)c2F)c(F)c1F. The first-order valence-corrected chi connectivity index (χ1v) is 13.7. The Morgan fingerprint density at radius 1 is 0.315 bits per heavy atom. The van der Waals surface area contributed by atoms with Crippen LogP contribution in [0.4, 0.5) is 93.5 Å². The smallest absolute Gasteiger partial charge is 0.207 e. The van der Waals surface area contributed by atoms with Gasteiger partial charge in [-0.1, -0.05) is 17.7 Å². The van der Waals surface area contributed by atoms with Crippen molar-refractivity contribution >= 4 is 33.7 Å². The fourth-order valence-electron chi connectivity index (χ4n) is 5.49. The molecule has 0 aliphatic heterocycles. The average Bonchev–Trinajstić information content (AvgIpc) is 3.15. The summed E-state index contributed by atoms with van der Waals surface area (Å²) in [6.45, 7) is 1.99. The van der Waals surface area contributed by atoms with Gasteiger partial charge in [-0.05, 0) is 6.92 Å². The van der Waals surface area contributed by atoms with E-state index in [9.17, 15) is 52.7 Å². The zero-order valence-corrected chi connectivity index (χ0v) is 25.3. The molecule has 0 aliphatic carbocycles. The second-order valence-corrected chi connectivity index (χ2v) is 10.7. The zero-order valence-electron chi connectivity index (χ0n) is 25.3. The molecule has 2 nitrogen and oxygen atoms in total. The molecule has 0 atom stereocenters. The first kappa shape index (κ1) is 40.9. The predicted molar refractivity (Wildman–Crippen MR) is 145 cm³/mol. The molecule has 0 saturated carbocycles. The molecular formula is C31H7BF20N2. The molecule has 5 rings (SSSR count). The summed E-state index contributed by atoms with van der Waals surface area (Å²) in [6.07, 6.45) is -7.22. The van der Waals surface area contributed by atoms with Crippen LogP contribution in [0, 0.1) is 129 Å². The van der Waals surface area contributed by atoms with Crippen molar-refractivity contribution in [3.05, 3.63) is 151 Å². The lowest BCUT2D eigenvalue weighted by Gasteiger charge is -2.44.